The predicted octanol–water partition coefficient (Wildman–Crippen LogP) is 5.76. The van der Waals surface area contributed by atoms with Crippen molar-refractivity contribution in [3.05, 3.63) is 97.1 Å². The molecular formula is C24H17NO3S. The summed E-state index contributed by atoms with van der Waals surface area (Å²) in [5.41, 5.74) is 2.08. The average Bonchev–Trinajstić information content (AvgIpc) is 3.16. The van der Waals surface area contributed by atoms with E-state index in [1.54, 1.807) is 24.3 Å². The van der Waals surface area contributed by atoms with Gasteiger partial charge in [0.25, 0.3) is 0 Å². The number of aromatic amines is 1. The molecule has 0 saturated heterocycles. The van der Waals surface area contributed by atoms with E-state index in [1.165, 1.54) is 0 Å². The molecule has 5 heteroatoms. The summed E-state index contributed by atoms with van der Waals surface area (Å²) in [4.78, 5) is 3.50. The number of aromatic nitrogens is 1. The highest BCUT2D eigenvalue weighted by Gasteiger charge is 2.28. The largest absolute Gasteiger partial charge is 0.379 e. The molecule has 142 valence electrons. The van der Waals surface area contributed by atoms with E-state index >= 15 is 0 Å². The molecule has 0 amide bonds. The summed E-state index contributed by atoms with van der Waals surface area (Å²) in [6.07, 6.45) is 0. The molecule has 5 aromatic rings. The van der Waals surface area contributed by atoms with Crippen LogP contribution in [0.1, 0.15) is 0 Å². The Bertz CT molecular complexity index is 1420. The van der Waals surface area contributed by atoms with Crippen molar-refractivity contribution in [1.29, 1.82) is 0 Å². The van der Waals surface area contributed by atoms with Gasteiger partial charge >= 0.3 is 10.1 Å². The number of rotatable bonds is 4. The topological polar surface area (TPSA) is 59.2 Å². The molecule has 5 rings (SSSR count). The van der Waals surface area contributed by atoms with Crippen molar-refractivity contribution in [2.75, 3.05) is 0 Å². The van der Waals surface area contributed by atoms with E-state index in [0.29, 0.717) is 11.1 Å². The Kier molecular flexibility index (Phi) is 4.11. The van der Waals surface area contributed by atoms with Gasteiger partial charge in [-0.2, -0.15) is 8.42 Å². The summed E-state index contributed by atoms with van der Waals surface area (Å²) in [7, 11) is -4.08. The van der Waals surface area contributed by atoms with Crippen LogP contribution in [-0.2, 0) is 10.1 Å². The lowest BCUT2D eigenvalue weighted by molar-refractivity contribution is 0.487. The zero-order chi connectivity index (χ0) is 19.8. The van der Waals surface area contributed by atoms with Gasteiger partial charge in [-0.1, -0.05) is 84.9 Å². The number of fused-ring (bicyclic) bond motifs is 3. The van der Waals surface area contributed by atoms with Crippen LogP contribution < -0.4 is 4.18 Å². The Balaban J connectivity index is 1.82. The van der Waals surface area contributed by atoms with Gasteiger partial charge in [0.1, 0.15) is 10.6 Å². The molecule has 0 spiro atoms. The number of H-pyrrole nitrogens is 1. The quantitative estimate of drug-likeness (QED) is 0.391. The lowest BCUT2D eigenvalue weighted by atomic mass is 10.1. The number of benzene rings is 4. The van der Waals surface area contributed by atoms with E-state index in [2.05, 4.69) is 4.98 Å². The fourth-order valence-corrected chi connectivity index (χ4v) is 4.93. The SMILES string of the molecule is O=S(=O)(Oc1ccccc1)c1c(-c2ccccc2)[nH]c2c1ccc1ccccc12. The van der Waals surface area contributed by atoms with E-state index in [0.717, 1.165) is 21.9 Å². The number of hydrogen-bond acceptors (Lipinski definition) is 3. The molecule has 1 heterocycles. The highest BCUT2D eigenvalue weighted by Crippen LogP contribution is 2.38. The highest BCUT2D eigenvalue weighted by atomic mass is 32.2. The monoisotopic (exact) mass is 399 g/mol. The molecule has 0 aliphatic carbocycles. The average molecular weight is 399 g/mol. The van der Waals surface area contributed by atoms with Crippen molar-refractivity contribution in [2.24, 2.45) is 0 Å². The van der Waals surface area contributed by atoms with Gasteiger partial charge in [0.2, 0.25) is 0 Å². The molecule has 0 saturated carbocycles. The van der Waals surface area contributed by atoms with Crippen molar-refractivity contribution in [1.82, 2.24) is 4.98 Å². The summed E-state index contributed by atoms with van der Waals surface area (Å²) in [5.74, 6) is 0.279. The first kappa shape index (κ1) is 17.5. The normalized spacial score (nSPS) is 11.7. The van der Waals surface area contributed by atoms with Gasteiger partial charge in [-0.15, -0.1) is 0 Å². The molecule has 0 bridgehead atoms. The smallest absolute Gasteiger partial charge is 0.342 e. The maximum atomic E-state index is 13.4. The Hall–Kier alpha value is -3.57. The van der Waals surface area contributed by atoms with E-state index in [-0.39, 0.29) is 10.6 Å². The Labute approximate surface area is 168 Å². The molecule has 1 N–H and O–H groups in total. The maximum Gasteiger partial charge on any atom is 0.342 e. The van der Waals surface area contributed by atoms with Crippen LogP contribution in [0.4, 0.5) is 0 Å². The van der Waals surface area contributed by atoms with E-state index in [9.17, 15) is 8.42 Å². The fraction of sp³-hybridized carbons (Fsp3) is 0. The van der Waals surface area contributed by atoms with Crippen LogP contribution in [0.2, 0.25) is 0 Å². The Morgan fingerprint density at radius 2 is 1.31 bits per heavy atom. The summed E-state index contributed by atoms with van der Waals surface area (Å²) >= 11 is 0. The van der Waals surface area contributed by atoms with Crippen LogP contribution >= 0.6 is 0 Å². The summed E-state index contributed by atoms with van der Waals surface area (Å²) in [6.45, 7) is 0. The molecule has 29 heavy (non-hydrogen) atoms. The van der Waals surface area contributed by atoms with Crippen LogP contribution in [0.25, 0.3) is 32.9 Å². The van der Waals surface area contributed by atoms with Crippen molar-refractivity contribution in [2.45, 2.75) is 4.90 Å². The molecule has 0 atom stereocenters. The molecule has 1 aromatic heterocycles. The second-order valence-electron chi connectivity index (χ2n) is 6.75. The Morgan fingerprint density at radius 1 is 0.655 bits per heavy atom. The first-order valence-corrected chi connectivity index (χ1v) is 10.6. The van der Waals surface area contributed by atoms with Crippen molar-refractivity contribution in [3.8, 4) is 17.0 Å². The third-order valence-corrected chi connectivity index (χ3v) is 6.25. The van der Waals surface area contributed by atoms with Gasteiger partial charge in [-0.25, -0.2) is 0 Å². The number of nitrogens with one attached hydrogen (secondary N) is 1. The van der Waals surface area contributed by atoms with E-state index < -0.39 is 10.1 Å². The standard InChI is InChI=1S/C24H17NO3S/c26-29(27,28-19-12-5-2-6-13-19)24-21-16-15-17-9-7-8-14-20(17)23(21)25-22(24)18-10-3-1-4-11-18/h1-16,25H. The minimum atomic E-state index is -4.08. The van der Waals surface area contributed by atoms with Gasteiger partial charge in [-0.05, 0) is 23.1 Å². The molecule has 0 aliphatic heterocycles. The second kappa shape index (κ2) is 6.79. The van der Waals surface area contributed by atoms with Crippen LogP contribution in [0.3, 0.4) is 0 Å². The maximum absolute atomic E-state index is 13.4. The number of para-hydroxylation sites is 1. The molecular weight excluding hydrogens is 382 g/mol. The fourth-order valence-electron chi connectivity index (χ4n) is 3.62. The summed E-state index contributed by atoms with van der Waals surface area (Å²) in [5, 5.41) is 2.61. The minimum Gasteiger partial charge on any atom is -0.379 e. The third kappa shape index (κ3) is 3.05. The van der Waals surface area contributed by atoms with Crippen molar-refractivity contribution in [3.63, 3.8) is 0 Å². The predicted molar refractivity (Wildman–Crippen MR) is 115 cm³/mol. The first-order chi connectivity index (χ1) is 14.1. The Morgan fingerprint density at radius 3 is 2.07 bits per heavy atom. The second-order valence-corrected chi connectivity index (χ2v) is 8.24. The van der Waals surface area contributed by atoms with Crippen LogP contribution in [0, 0.1) is 0 Å². The molecule has 4 nitrogen and oxygen atoms in total. The zero-order valence-corrected chi connectivity index (χ0v) is 16.2. The molecule has 0 fully saturated rings. The van der Waals surface area contributed by atoms with Gasteiger partial charge in [0.05, 0.1) is 11.2 Å². The van der Waals surface area contributed by atoms with Crippen molar-refractivity contribution < 1.29 is 12.6 Å². The van der Waals surface area contributed by atoms with E-state index in [4.69, 9.17) is 4.18 Å². The van der Waals surface area contributed by atoms with E-state index in [1.807, 2.05) is 72.8 Å². The number of hydrogen-bond donors (Lipinski definition) is 1. The summed E-state index contributed by atoms with van der Waals surface area (Å²) in [6, 6.07) is 29.6. The van der Waals surface area contributed by atoms with Gasteiger partial charge in [-0.3, -0.25) is 0 Å². The van der Waals surface area contributed by atoms with Gasteiger partial charge in [0, 0.05) is 10.8 Å². The van der Waals surface area contributed by atoms with Gasteiger partial charge < -0.3 is 9.17 Å². The highest BCUT2D eigenvalue weighted by molar-refractivity contribution is 7.87. The first-order valence-electron chi connectivity index (χ1n) is 9.22. The molecule has 0 unspecified atom stereocenters. The zero-order valence-electron chi connectivity index (χ0n) is 15.4. The van der Waals surface area contributed by atoms with Crippen molar-refractivity contribution >= 4 is 31.8 Å². The minimum absolute atomic E-state index is 0.147. The third-order valence-electron chi connectivity index (χ3n) is 4.91. The van der Waals surface area contributed by atoms with Crippen LogP contribution in [0.15, 0.2) is 102 Å². The lowest BCUT2D eigenvalue weighted by Crippen LogP contribution is -2.10. The molecule has 0 radical (unpaired) electrons. The van der Waals surface area contributed by atoms with Crippen LogP contribution in [-0.4, -0.2) is 13.4 Å². The van der Waals surface area contributed by atoms with Crippen LogP contribution in [0.5, 0.6) is 5.75 Å². The van der Waals surface area contributed by atoms with Gasteiger partial charge in [0.15, 0.2) is 0 Å². The summed E-state index contributed by atoms with van der Waals surface area (Å²) < 4.78 is 32.2. The lowest BCUT2D eigenvalue weighted by Gasteiger charge is -2.09. The molecule has 0 aliphatic rings. The molecule has 4 aromatic carbocycles.